The Kier molecular flexibility index (Phi) is 7.08. The number of nitrogens with one attached hydrogen (secondary N) is 2. The highest BCUT2D eigenvalue weighted by molar-refractivity contribution is 7.18. The smallest absolute Gasteiger partial charge is 0.261 e. The molecule has 180 valence electrons. The lowest BCUT2D eigenvalue weighted by atomic mass is 10.0. The van der Waals surface area contributed by atoms with Crippen molar-refractivity contribution in [2.45, 2.75) is 31.8 Å². The van der Waals surface area contributed by atoms with E-state index in [0.717, 1.165) is 48.8 Å². The molecule has 0 saturated carbocycles. The first-order valence-corrected chi connectivity index (χ1v) is 13.1. The van der Waals surface area contributed by atoms with Crippen LogP contribution in [0.25, 0.3) is 5.70 Å². The van der Waals surface area contributed by atoms with Crippen molar-refractivity contribution < 1.29 is 9.63 Å². The van der Waals surface area contributed by atoms with Gasteiger partial charge in [-0.2, -0.15) is 0 Å². The molecule has 2 aromatic rings. The Morgan fingerprint density at radius 2 is 2.03 bits per heavy atom. The maximum atomic E-state index is 12.4. The number of rotatable bonds is 6. The van der Waals surface area contributed by atoms with Crippen molar-refractivity contribution >= 4 is 46.1 Å². The Morgan fingerprint density at radius 1 is 1.21 bits per heavy atom. The Balaban J connectivity index is 1.36. The normalized spacial score (nSPS) is 20.6. The van der Waals surface area contributed by atoms with Gasteiger partial charge in [-0.3, -0.25) is 20.1 Å². The van der Waals surface area contributed by atoms with Crippen LogP contribution >= 0.6 is 22.9 Å². The second-order valence-corrected chi connectivity index (χ2v) is 10.6. The molecular formula is C25H30ClN5O2S. The number of amides is 1. The first-order chi connectivity index (χ1) is 16.6. The number of hydroxylamine groups is 1. The van der Waals surface area contributed by atoms with Gasteiger partial charge in [0.1, 0.15) is 11.9 Å². The third kappa shape index (κ3) is 5.09. The van der Waals surface area contributed by atoms with E-state index in [-0.39, 0.29) is 12.0 Å². The van der Waals surface area contributed by atoms with Gasteiger partial charge in [-0.15, -0.1) is 11.3 Å². The van der Waals surface area contributed by atoms with Crippen LogP contribution in [0, 0.1) is 0 Å². The van der Waals surface area contributed by atoms with Crippen LogP contribution in [-0.2, 0) is 4.84 Å². The summed E-state index contributed by atoms with van der Waals surface area (Å²) in [5.74, 6) is 0.917. The second kappa shape index (κ2) is 10.4. The lowest BCUT2D eigenvalue weighted by molar-refractivity contribution is 0.0499. The van der Waals surface area contributed by atoms with Gasteiger partial charge >= 0.3 is 0 Å². The third-order valence-corrected chi connectivity index (χ3v) is 7.71. The molecule has 0 spiro atoms. The van der Waals surface area contributed by atoms with Gasteiger partial charge < -0.3 is 15.1 Å². The third-order valence-electron chi connectivity index (χ3n) is 6.49. The van der Waals surface area contributed by atoms with E-state index in [9.17, 15) is 4.79 Å². The summed E-state index contributed by atoms with van der Waals surface area (Å²) in [5.41, 5.74) is 7.52. The van der Waals surface area contributed by atoms with Gasteiger partial charge in [0.25, 0.3) is 5.91 Å². The van der Waals surface area contributed by atoms with Crippen LogP contribution in [0.1, 0.15) is 46.5 Å². The number of carbonyl (C=O) groups excluding carboxylic acids is 1. The Labute approximate surface area is 209 Å². The van der Waals surface area contributed by atoms with E-state index in [2.05, 4.69) is 51.9 Å². The quantitative estimate of drug-likeness (QED) is 0.625. The molecule has 1 saturated heterocycles. The molecule has 1 aromatic heterocycles. The molecular weight excluding hydrogens is 470 g/mol. The van der Waals surface area contributed by atoms with Gasteiger partial charge in [0, 0.05) is 43.5 Å². The number of anilines is 1. The number of halogens is 1. The van der Waals surface area contributed by atoms with E-state index in [0.29, 0.717) is 15.8 Å². The van der Waals surface area contributed by atoms with Crippen molar-refractivity contribution in [1.82, 2.24) is 15.7 Å². The largest absolute Gasteiger partial charge is 0.371 e. The number of hydrogen-bond donors (Lipinski definition) is 2. The molecule has 1 atom stereocenters. The van der Waals surface area contributed by atoms with Crippen LogP contribution in [0.5, 0.6) is 0 Å². The summed E-state index contributed by atoms with van der Waals surface area (Å²) < 4.78 is 0.602. The fourth-order valence-corrected chi connectivity index (χ4v) is 5.63. The first kappa shape index (κ1) is 23.2. The topological polar surface area (TPSA) is 69.2 Å². The zero-order valence-corrected chi connectivity index (χ0v) is 20.9. The SMILES string of the molecule is CN1CCN=C1c1ccc(C2=CC(CNC(=O)c3ccc(Cl)s3)ON2)c(N2CCCCCC2)c1. The van der Waals surface area contributed by atoms with Crippen LogP contribution in [0.2, 0.25) is 4.34 Å². The van der Waals surface area contributed by atoms with Gasteiger partial charge in [-0.1, -0.05) is 36.6 Å². The van der Waals surface area contributed by atoms with Crippen LogP contribution < -0.4 is 15.7 Å². The van der Waals surface area contributed by atoms with Crippen LogP contribution in [0.3, 0.4) is 0 Å². The average Bonchev–Trinajstić information content (AvgIpc) is 3.55. The zero-order valence-electron chi connectivity index (χ0n) is 19.3. The Bertz CT molecular complexity index is 1110. The number of thiophene rings is 1. The van der Waals surface area contributed by atoms with Gasteiger partial charge in [0.15, 0.2) is 0 Å². The van der Waals surface area contributed by atoms with Crippen molar-refractivity contribution in [3.63, 3.8) is 0 Å². The van der Waals surface area contributed by atoms with Crippen molar-refractivity contribution in [3.05, 3.63) is 56.7 Å². The summed E-state index contributed by atoms with van der Waals surface area (Å²) in [6, 6.07) is 10.1. The van der Waals surface area contributed by atoms with E-state index in [1.54, 1.807) is 12.1 Å². The molecule has 0 aliphatic carbocycles. The molecule has 34 heavy (non-hydrogen) atoms. The molecule has 7 nitrogen and oxygen atoms in total. The molecule has 2 N–H and O–H groups in total. The Morgan fingerprint density at radius 3 is 2.74 bits per heavy atom. The molecule has 1 amide bonds. The fraction of sp³-hybridized carbons (Fsp3) is 0.440. The number of likely N-dealkylation sites (N-methyl/N-ethyl adjacent to an activating group) is 1. The monoisotopic (exact) mass is 499 g/mol. The van der Waals surface area contributed by atoms with Crippen molar-refractivity contribution in [2.24, 2.45) is 4.99 Å². The van der Waals surface area contributed by atoms with Gasteiger partial charge in [0.2, 0.25) is 0 Å². The maximum Gasteiger partial charge on any atom is 0.261 e. The lowest BCUT2D eigenvalue weighted by Crippen LogP contribution is -2.32. The number of hydrogen-bond acceptors (Lipinski definition) is 7. The number of nitrogens with zero attached hydrogens (tertiary/aromatic N) is 3. The van der Waals surface area contributed by atoms with Crippen LogP contribution in [-0.4, -0.2) is 62.5 Å². The summed E-state index contributed by atoms with van der Waals surface area (Å²) in [6.07, 6.45) is 6.77. The molecule has 1 aromatic carbocycles. The molecule has 3 aliphatic rings. The number of aliphatic imine (C=N–C) groups is 1. The van der Waals surface area contributed by atoms with E-state index >= 15 is 0 Å². The molecule has 5 rings (SSSR count). The van der Waals surface area contributed by atoms with Gasteiger partial charge in [0.05, 0.1) is 28.0 Å². The molecule has 1 unspecified atom stereocenters. The van der Waals surface area contributed by atoms with E-state index in [1.807, 2.05) is 0 Å². The molecule has 0 radical (unpaired) electrons. The van der Waals surface area contributed by atoms with Crippen molar-refractivity contribution in [3.8, 4) is 0 Å². The predicted molar refractivity (Wildman–Crippen MR) is 139 cm³/mol. The van der Waals surface area contributed by atoms with Crippen LogP contribution in [0.4, 0.5) is 5.69 Å². The number of amidine groups is 1. The molecule has 9 heteroatoms. The minimum atomic E-state index is -0.253. The fourth-order valence-electron chi connectivity index (χ4n) is 4.67. The molecule has 3 aliphatic heterocycles. The van der Waals surface area contributed by atoms with Gasteiger partial charge in [-0.25, -0.2) is 0 Å². The van der Waals surface area contributed by atoms with Crippen molar-refractivity contribution in [2.75, 3.05) is 44.7 Å². The first-order valence-electron chi connectivity index (χ1n) is 11.9. The summed E-state index contributed by atoms with van der Waals surface area (Å²) in [6.45, 7) is 4.29. The van der Waals surface area contributed by atoms with Gasteiger partial charge in [-0.05, 0) is 37.1 Å². The Hall–Kier alpha value is -2.55. The number of carbonyl (C=O) groups is 1. The summed E-state index contributed by atoms with van der Waals surface area (Å²) in [7, 11) is 2.10. The van der Waals surface area contributed by atoms with Crippen LogP contribution in [0.15, 0.2) is 41.4 Å². The average molecular weight is 500 g/mol. The highest BCUT2D eigenvalue weighted by Crippen LogP contribution is 2.32. The molecule has 1 fully saturated rings. The number of benzene rings is 1. The molecule has 4 heterocycles. The highest BCUT2D eigenvalue weighted by atomic mass is 35.5. The minimum Gasteiger partial charge on any atom is -0.371 e. The summed E-state index contributed by atoms with van der Waals surface area (Å²) in [5, 5.41) is 2.94. The van der Waals surface area contributed by atoms with E-state index < -0.39 is 0 Å². The standard InChI is InChI=1S/C25H30ClN5O2S/c1-30-13-10-27-24(30)17-6-7-19(21(14-17)31-11-4-2-3-5-12-31)20-15-18(33-29-20)16-28-25(32)22-8-9-23(26)34-22/h6-9,14-15,18,29H,2-5,10-13,16H2,1H3,(H,28,32). The predicted octanol–water partition coefficient (Wildman–Crippen LogP) is 4.15. The summed E-state index contributed by atoms with van der Waals surface area (Å²) >= 11 is 7.22. The van der Waals surface area contributed by atoms with E-state index in [4.69, 9.17) is 21.4 Å². The highest BCUT2D eigenvalue weighted by Gasteiger charge is 2.25. The second-order valence-electron chi connectivity index (χ2n) is 8.91. The lowest BCUT2D eigenvalue weighted by Gasteiger charge is -2.27. The van der Waals surface area contributed by atoms with E-state index in [1.165, 1.54) is 42.7 Å². The summed E-state index contributed by atoms with van der Waals surface area (Å²) in [4.78, 5) is 28.2. The molecule has 0 bridgehead atoms. The minimum absolute atomic E-state index is 0.140. The van der Waals surface area contributed by atoms with Crippen molar-refractivity contribution in [1.29, 1.82) is 0 Å². The maximum absolute atomic E-state index is 12.4. The zero-order chi connectivity index (χ0) is 23.5.